The lowest BCUT2D eigenvalue weighted by Crippen LogP contribution is -2.32. The molecule has 0 aromatic carbocycles. The van der Waals surface area contributed by atoms with E-state index in [4.69, 9.17) is 4.74 Å². The van der Waals surface area contributed by atoms with Crippen LogP contribution >= 0.6 is 0 Å². The van der Waals surface area contributed by atoms with Gasteiger partial charge in [0.1, 0.15) is 5.41 Å². The minimum Gasteiger partial charge on any atom is -0.468 e. The van der Waals surface area contributed by atoms with Crippen LogP contribution in [-0.2, 0) is 14.3 Å². The molecule has 0 radical (unpaired) electrons. The summed E-state index contributed by atoms with van der Waals surface area (Å²) in [4.78, 5) is 23.5. The predicted octanol–water partition coefficient (Wildman–Crippen LogP) is 1.55. The first-order valence-corrected chi connectivity index (χ1v) is 5.31. The highest BCUT2D eigenvalue weighted by Crippen LogP contribution is 2.66. The Hall–Kier alpha value is -0.860. The van der Waals surface area contributed by atoms with Gasteiger partial charge in [0.15, 0.2) is 5.78 Å². The van der Waals surface area contributed by atoms with Crippen molar-refractivity contribution in [3.8, 4) is 0 Å². The SMILES string of the molecule is CC[C@H]1[C@@H]2CCCC(=O)[C@]12C(=O)OC. The number of Topliss-reactive ketones (excluding diaryl/α,β-unsaturated/α-hetero) is 1. The van der Waals surface area contributed by atoms with Crippen molar-refractivity contribution in [1.82, 2.24) is 0 Å². The monoisotopic (exact) mass is 196 g/mol. The van der Waals surface area contributed by atoms with E-state index in [9.17, 15) is 9.59 Å². The van der Waals surface area contributed by atoms with Crippen LogP contribution < -0.4 is 0 Å². The van der Waals surface area contributed by atoms with Gasteiger partial charge in [-0.3, -0.25) is 9.59 Å². The molecule has 2 fully saturated rings. The molecule has 0 heterocycles. The molecule has 0 aliphatic heterocycles. The number of esters is 1. The molecular weight excluding hydrogens is 180 g/mol. The van der Waals surface area contributed by atoms with Crippen LogP contribution in [0, 0.1) is 17.3 Å². The van der Waals surface area contributed by atoms with Crippen molar-refractivity contribution >= 4 is 11.8 Å². The lowest BCUT2D eigenvalue weighted by atomic mass is 9.86. The van der Waals surface area contributed by atoms with Gasteiger partial charge in [-0.1, -0.05) is 13.3 Å². The van der Waals surface area contributed by atoms with E-state index in [1.54, 1.807) is 0 Å². The molecule has 0 spiro atoms. The van der Waals surface area contributed by atoms with Gasteiger partial charge in [-0.15, -0.1) is 0 Å². The molecule has 3 nitrogen and oxygen atoms in total. The van der Waals surface area contributed by atoms with Gasteiger partial charge < -0.3 is 4.74 Å². The summed E-state index contributed by atoms with van der Waals surface area (Å²) in [6.07, 6.45) is 3.42. The molecule has 2 aliphatic carbocycles. The van der Waals surface area contributed by atoms with Crippen molar-refractivity contribution in [3.63, 3.8) is 0 Å². The van der Waals surface area contributed by atoms with Crippen molar-refractivity contribution in [1.29, 1.82) is 0 Å². The summed E-state index contributed by atoms with van der Waals surface area (Å²) < 4.78 is 4.78. The summed E-state index contributed by atoms with van der Waals surface area (Å²) in [5.41, 5.74) is -0.720. The van der Waals surface area contributed by atoms with E-state index in [-0.39, 0.29) is 23.6 Å². The third-order valence-corrected chi connectivity index (χ3v) is 3.89. The zero-order chi connectivity index (χ0) is 10.3. The van der Waals surface area contributed by atoms with Gasteiger partial charge in [-0.05, 0) is 24.7 Å². The van der Waals surface area contributed by atoms with Gasteiger partial charge >= 0.3 is 5.97 Å². The zero-order valence-corrected chi connectivity index (χ0v) is 8.71. The van der Waals surface area contributed by atoms with E-state index < -0.39 is 5.41 Å². The Kier molecular flexibility index (Phi) is 2.13. The molecule has 0 unspecified atom stereocenters. The molecule has 0 saturated heterocycles. The second-order valence-electron chi connectivity index (χ2n) is 4.30. The highest BCUT2D eigenvalue weighted by molar-refractivity contribution is 6.08. The van der Waals surface area contributed by atoms with E-state index >= 15 is 0 Å². The Morgan fingerprint density at radius 2 is 2.36 bits per heavy atom. The molecule has 0 aromatic rings. The Balaban J connectivity index is 2.29. The van der Waals surface area contributed by atoms with Crippen LogP contribution in [0.5, 0.6) is 0 Å². The molecule has 0 amide bonds. The van der Waals surface area contributed by atoms with Gasteiger partial charge in [0.25, 0.3) is 0 Å². The first-order valence-electron chi connectivity index (χ1n) is 5.31. The number of rotatable bonds is 2. The normalized spacial score (nSPS) is 40.3. The largest absolute Gasteiger partial charge is 0.468 e. The van der Waals surface area contributed by atoms with E-state index in [1.165, 1.54) is 7.11 Å². The van der Waals surface area contributed by atoms with Gasteiger partial charge in [-0.25, -0.2) is 0 Å². The van der Waals surface area contributed by atoms with Gasteiger partial charge in [0.05, 0.1) is 7.11 Å². The topological polar surface area (TPSA) is 43.4 Å². The maximum absolute atomic E-state index is 11.8. The minimum atomic E-state index is -0.720. The summed E-state index contributed by atoms with van der Waals surface area (Å²) in [6.45, 7) is 2.04. The third kappa shape index (κ3) is 0.928. The average molecular weight is 196 g/mol. The number of methoxy groups -OCH3 is 1. The molecule has 2 aliphatic rings. The van der Waals surface area contributed by atoms with E-state index in [1.807, 2.05) is 6.92 Å². The number of hydrogen-bond acceptors (Lipinski definition) is 3. The minimum absolute atomic E-state index is 0.118. The van der Waals surface area contributed by atoms with Crippen LogP contribution in [0.15, 0.2) is 0 Å². The smallest absolute Gasteiger partial charge is 0.319 e. The molecule has 0 bridgehead atoms. The van der Waals surface area contributed by atoms with Gasteiger partial charge in [-0.2, -0.15) is 0 Å². The highest BCUT2D eigenvalue weighted by atomic mass is 16.5. The maximum atomic E-state index is 11.8. The van der Waals surface area contributed by atoms with Crippen LogP contribution in [0.4, 0.5) is 0 Å². The first-order chi connectivity index (χ1) is 6.69. The van der Waals surface area contributed by atoms with Crippen LogP contribution in [0.2, 0.25) is 0 Å². The van der Waals surface area contributed by atoms with Crippen molar-refractivity contribution in [2.45, 2.75) is 32.6 Å². The van der Waals surface area contributed by atoms with Crippen molar-refractivity contribution < 1.29 is 14.3 Å². The van der Waals surface area contributed by atoms with Gasteiger partial charge in [0.2, 0.25) is 0 Å². The van der Waals surface area contributed by atoms with E-state index in [2.05, 4.69) is 0 Å². The van der Waals surface area contributed by atoms with Crippen LogP contribution in [0.3, 0.4) is 0 Å². The Morgan fingerprint density at radius 1 is 1.64 bits per heavy atom. The summed E-state index contributed by atoms with van der Waals surface area (Å²) in [5, 5.41) is 0. The molecular formula is C11H16O3. The Labute approximate surface area is 83.8 Å². The summed E-state index contributed by atoms with van der Waals surface area (Å²) >= 11 is 0. The van der Waals surface area contributed by atoms with Crippen LogP contribution in [0.25, 0.3) is 0 Å². The average Bonchev–Trinajstić information content (AvgIpc) is 2.87. The summed E-state index contributed by atoms with van der Waals surface area (Å²) in [6, 6.07) is 0. The maximum Gasteiger partial charge on any atom is 0.319 e. The highest BCUT2D eigenvalue weighted by Gasteiger charge is 2.73. The van der Waals surface area contributed by atoms with Gasteiger partial charge in [0, 0.05) is 6.42 Å². The van der Waals surface area contributed by atoms with Crippen molar-refractivity contribution in [2.24, 2.45) is 17.3 Å². The molecule has 0 N–H and O–H groups in total. The Morgan fingerprint density at radius 3 is 2.93 bits per heavy atom. The third-order valence-electron chi connectivity index (χ3n) is 3.89. The lowest BCUT2D eigenvalue weighted by Gasteiger charge is -2.18. The number of ether oxygens (including phenoxy) is 1. The molecule has 78 valence electrons. The Bertz CT molecular complexity index is 268. The molecule has 2 rings (SSSR count). The van der Waals surface area contributed by atoms with E-state index in [0.29, 0.717) is 6.42 Å². The number of ketones is 1. The summed E-state index contributed by atoms with van der Waals surface area (Å²) in [5.74, 6) is 0.359. The predicted molar refractivity (Wildman–Crippen MR) is 50.6 cm³/mol. The fourth-order valence-corrected chi connectivity index (χ4v) is 3.26. The number of carbonyl (C=O) groups is 2. The first kappa shape index (κ1) is 9.69. The molecule has 2 saturated carbocycles. The second kappa shape index (κ2) is 3.07. The lowest BCUT2D eigenvalue weighted by molar-refractivity contribution is -0.153. The van der Waals surface area contributed by atoms with E-state index in [0.717, 1.165) is 19.3 Å². The second-order valence-corrected chi connectivity index (χ2v) is 4.30. The van der Waals surface area contributed by atoms with Crippen molar-refractivity contribution in [2.75, 3.05) is 7.11 Å². The number of fused-ring (bicyclic) bond motifs is 1. The standard InChI is InChI=1S/C11H16O3/c1-3-7-8-5-4-6-9(12)11(7,8)10(13)14-2/h7-8H,3-6H2,1-2H3/t7-,8-,11-/m0/s1. The van der Waals surface area contributed by atoms with Crippen LogP contribution in [-0.4, -0.2) is 18.9 Å². The quantitative estimate of drug-likeness (QED) is 0.497. The number of carbonyl (C=O) groups excluding carboxylic acids is 2. The van der Waals surface area contributed by atoms with Crippen molar-refractivity contribution in [3.05, 3.63) is 0 Å². The number of hydrogen-bond donors (Lipinski definition) is 0. The molecule has 3 atom stereocenters. The molecule has 14 heavy (non-hydrogen) atoms. The molecule has 3 heteroatoms. The fourth-order valence-electron chi connectivity index (χ4n) is 3.26. The summed E-state index contributed by atoms with van der Waals surface area (Å²) in [7, 11) is 1.38. The fraction of sp³-hybridized carbons (Fsp3) is 0.818. The molecule has 0 aromatic heterocycles. The van der Waals surface area contributed by atoms with Crippen LogP contribution in [0.1, 0.15) is 32.6 Å². The zero-order valence-electron chi connectivity index (χ0n) is 8.71.